The van der Waals surface area contributed by atoms with Crippen molar-refractivity contribution in [1.82, 2.24) is 15.2 Å². The quantitative estimate of drug-likeness (QED) is 0.764. The molecule has 1 amide bonds. The van der Waals surface area contributed by atoms with Crippen LogP contribution in [0.1, 0.15) is 17.3 Å². The zero-order valence-corrected chi connectivity index (χ0v) is 8.17. The van der Waals surface area contributed by atoms with Crippen molar-refractivity contribution in [3.8, 4) is 0 Å². The van der Waals surface area contributed by atoms with Crippen LogP contribution in [0.5, 0.6) is 0 Å². The predicted octanol–water partition coefficient (Wildman–Crippen LogP) is -0.0213. The van der Waals surface area contributed by atoms with Crippen LogP contribution in [0.25, 0.3) is 11.0 Å². The van der Waals surface area contributed by atoms with Crippen LogP contribution in [0.4, 0.5) is 0 Å². The smallest absolute Gasteiger partial charge is 0.248 e. The van der Waals surface area contributed by atoms with E-state index < -0.39 is 5.91 Å². The van der Waals surface area contributed by atoms with Crippen LogP contribution < -0.4 is 10.6 Å². The number of benzene rings is 1. The second-order valence-corrected chi connectivity index (χ2v) is 2.95. The van der Waals surface area contributed by atoms with Gasteiger partial charge in [-0.1, -0.05) is 4.85 Å². The Kier molecular flexibility index (Phi) is 2.24. The van der Waals surface area contributed by atoms with E-state index in [0.717, 1.165) is 0 Å². The number of aromatic nitrogens is 3. The van der Waals surface area contributed by atoms with Gasteiger partial charge in [-0.25, -0.2) is 0 Å². The number of nitrogens with zero attached hydrogens (tertiary/aromatic N) is 3. The summed E-state index contributed by atoms with van der Waals surface area (Å²) in [7, 11) is 0. The first kappa shape index (κ1) is 9.45. The van der Waals surface area contributed by atoms with E-state index in [2.05, 4.69) is 10.3 Å². The van der Waals surface area contributed by atoms with Gasteiger partial charge in [0.1, 0.15) is 17.6 Å². The lowest BCUT2D eigenvalue weighted by atomic mass is 10.2. The molecule has 0 aliphatic heterocycles. The molecular formula is C9H10N4O2. The van der Waals surface area contributed by atoms with Gasteiger partial charge in [-0.2, -0.15) is 0 Å². The van der Waals surface area contributed by atoms with E-state index in [1.54, 1.807) is 18.2 Å². The summed E-state index contributed by atoms with van der Waals surface area (Å²) in [6.07, 6.45) is 0. The second kappa shape index (κ2) is 3.56. The number of carbonyl (C=O) groups is 1. The van der Waals surface area contributed by atoms with Crippen molar-refractivity contribution in [2.24, 2.45) is 5.73 Å². The van der Waals surface area contributed by atoms with E-state index in [1.165, 1.54) is 4.85 Å². The number of hydrogen-bond donors (Lipinski definition) is 1. The fraction of sp³-hybridized carbons (Fsp3) is 0.222. The number of carbonyl (C=O) groups excluding carboxylic acids is 1. The lowest BCUT2D eigenvalue weighted by Gasteiger charge is -2.01. The highest BCUT2D eigenvalue weighted by Crippen LogP contribution is 2.12. The van der Waals surface area contributed by atoms with Crippen molar-refractivity contribution in [1.29, 1.82) is 0 Å². The summed E-state index contributed by atoms with van der Waals surface area (Å²) in [5, 5.41) is 7.65. The second-order valence-electron chi connectivity index (χ2n) is 2.95. The molecule has 0 spiro atoms. The molecule has 6 heteroatoms. The molecule has 0 unspecified atom stereocenters. The molecule has 0 bridgehead atoms. The zero-order valence-electron chi connectivity index (χ0n) is 8.17. The van der Waals surface area contributed by atoms with E-state index in [1.807, 2.05) is 6.92 Å². The van der Waals surface area contributed by atoms with E-state index in [9.17, 15) is 4.79 Å². The lowest BCUT2D eigenvalue weighted by molar-refractivity contribution is 0.0976. The topological polar surface area (TPSA) is 83.0 Å². The molecule has 78 valence electrons. The fourth-order valence-electron chi connectivity index (χ4n) is 1.27. The van der Waals surface area contributed by atoms with Crippen molar-refractivity contribution in [3.63, 3.8) is 0 Å². The van der Waals surface area contributed by atoms with Gasteiger partial charge in [0.2, 0.25) is 5.91 Å². The van der Waals surface area contributed by atoms with Gasteiger partial charge in [0.25, 0.3) is 0 Å². The summed E-state index contributed by atoms with van der Waals surface area (Å²) in [6.45, 7) is 2.31. The van der Waals surface area contributed by atoms with Gasteiger partial charge >= 0.3 is 0 Å². The Morgan fingerprint density at radius 2 is 2.40 bits per heavy atom. The average Bonchev–Trinajstić information content (AvgIpc) is 2.61. The summed E-state index contributed by atoms with van der Waals surface area (Å²) in [5.41, 5.74) is 6.87. The SMILES string of the molecule is CCOn1nnc2ccc(C(N)=O)cc21. The molecule has 6 nitrogen and oxygen atoms in total. The first-order chi connectivity index (χ1) is 7.22. The molecule has 2 aromatic rings. The van der Waals surface area contributed by atoms with Gasteiger partial charge < -0.3 is 10.6 Å². The summed E-state index contributed by atoms with van der Waals surface area (Å²) in [4.78, 5) is 17.4. The molecule has 0 radical (unpaired) electrons. The standard InChI is InChI=1S/C9H10N4O2/c1-2-15-13-8-5-6(9(10)14)3-4-7(8)11-12-13/h3-5H,2H2,1H3,(H2,10,14). The van der Waals surface area contributed by atoms with Gasteiger partial charge in [0.15, 0.2) is 0 Å². The largest absolute Gasteiger partial charge is 0.395 e. The molecule has 2 N–H and O–H groups in total. The predicted molar refractivity (Wildman–Crippen MR) is 53.2 cm³/mol. The molecule has 1 heterocycles. The minimum atomic E-state index is -0.485. The fourth-order valence-corrected chi connectivity index (χ4v) is 1.27. The Morgan fingerprint density at radius 3 is 3.07 bits per heavy atom. The Bertz CT molecular complexity index is 506. The van der Waals surface area contributed by atoms with Crippen LogP contribution in [-0.2, 0) is 0 Å². The highest BCUT2D eigenvalue weighted by atomic mass is 16.7. The third-order valence-corrected chi connectivity index (χ3v) is 1.95. The highest BCUT2D eigenvalue weighted by Gasteiger charge is 2.08. The zero-order chi connectivity index (χ0) is 10.8. The number of amides is 1. The normalized spacial score (nSPS) is 10.5. The van der Waals surface area contributed by atoms with Crippen LogP contribution >= 0.6 is 0 Å². The number of primary amides is 1. The minimum Gasteiger partial charge on any atom is -0.395 e. The molecule has 0 saturated carbocycles. The Morgan fingerprint density at radius 1 is 1.60 bits per heavy atom. The van der Waals surface area contributed by atoms with Gasteiger partial charge in [-0.15, -0.1) is 5.10 Å². The minimum absolute atomic E-state index is 0.408. The van der Waals surface area contributed by atoms with Gasteiger partial charge in [-0.05, 0) is 30.3 Å². The van der Waals surface area contributed by atoms with Crippen LogP contribution in [0.15, 0.2) is 18.2 Å². The van der Waals surface area contributed by atoms with E-state index in [-0.39, 0.29) is 0 Å². The molecule has 2 rings (SSSR count). The summed E-state index contributed by atoms with van der Waals surface area (Å²) in [6, 6.07) is 4.89. The third-order valence-electron chi connectivity index (χ3n) is 1.95. The Labute approximate surface area is 85.6 Å². The van der Waals surface area contributed by atoms with E-state index in [0.29, 0.717) is 23.2 Å². The van der Waals surface area contributed by atoms with Crippen molar-refractivity contribution in [2.45, 2.75) is 6.92 Å². The summed E-state index contributed by atoms with van der Waals surface area (Å²) >= 11 is 0. The monoisotopic (exact) mass is 206 g/mol. The van der Waals surface area contributed by atoms with Crippen molar-refractivity contribution < 1.29 is 9.63 Å². The molecule has 0 aliphatic carbocycles. The summed E-state index contributed by atoms with van der Waals surface area (Å²) in [5.74, 6) is -0.485. The maximum Gasteiger partial charge on any atom is 0.248 e. The Balaban J connectivity index is 2.56. The molecule has 0 aliphatic rings. The molecular weight excluding hydrogens is 196 g/mol. The highest BCUT2D eigenvalue weighted by molar-refractivity contribution is 5.96. The first-order valence-electron chi connectivity index (χ1n) is 4.51. The molecule has 1 aromatic carbocycles. The maximum atomic E-state index is 11.0. The third kappa shape index (κ3) is 1.61. The van der Waals surface area contributed by atoms with E-state index in [4.69, 9.17) is 10.6 Å². The van der Waals surface area contributed by atoms with Crippen molar-refractivity contribution >= 4 is 16.9 Å². The number of fused-ring (bicyclic) bond motifs is 1. The average molecular weight is 206 g/mol. The number of hydrogen-bond acceptors (Lipinski definition) is 4. The molecule has 0 fully saturated rings. The first-order valence-corrected chi connectivity index (χ1v) is 4.51. The molecule has 0 saturated heterocycles. The van der Waals surface area contributed by atoms with Gasteiger partial charge in [-0.3, -0.25) is 4.79 Å². The van der Waals surface area contributed by atoms with Crippen LogP contribution in [0.2, 0.25) is 0 Å². The van der Waals surface area contributed by atoms with Crippen LogP contribution in [0, 0.1) is 0 Å². The van der Waals surface area contributed by atoms with Crippen molar-refractivity contribution in [3.05, 3.63) is 23.8 Å². The van der Waals surface area contributed by atoms with Crippen LogP contribution in [0.3, 0.4) is 0 Å². The van der Waals surface area contributed by atoms with Crippen LogP contribution in [-0.4, -0.2) is 27.7 Å². The van der Waals surface area contributed by atoms with E-state index >= 15 is 0 Å². The molecule has 1 aromatic heterocycles. The van der Waals surface area contributed by atoms with Crippen molar-refractivity contribution in [2.75, 3.05) is 6.61 Å². The van der Waals surface area contributed by atoms with Gasteiger partial charge in [0, 0.05) is 5.56 Å². The lowest BCUT2D eigenvalue weighted by Crippen LogP contribution is -2.13. The molecule has 15 heavy (non-hydrogen) atoms. The van der Waals surface area contributed by atoms with Gasteiger partial charge in [0.05, 0.1) is 0 Å². The number of nitrogens with two attached hydrogens (primary N) is 1. The number of rotatable bonds is 3. The molecule has 0 atom stereocenters. The maximum absolute atomic E-state index is 11.0. The summed E-state index contributed by atoms with van der Waals surface area (Å²) < 4.78 is 0. The Hall–Kier alpha value is -2.11.